The summed E-state index contributed by atoms with van der Waals surface area (Å²) in [5.74, 6) is -0.321. The van der Waals surface area contributed by atoms with Gasteiger partial charge >= 0.3 is 5.97 Å². The van der Waals surface area contributed by atoms with Crippen molar-refractivity contribution in [3.8, 4) is 0 Å². The molecule has 0 amide bonds. The molecule has 0 spiro atoms. The van der Waals surface area contributed by atoms with Gasteiger partial charge < -0.3 is 10.5 Å². The highest BCUT2D eigenvalue weighted by Crippen LogP contribution is 2.33. The molecular formula is C16H14N4O2S. The molecule has 0 aliphatic carbocycles. The molecule has 6 nitrogen and oxygen atoms in total. The fourth-order valence-corrected chi connectivity index (χ4v) is 2.48. The van der Waals surface area contributed by atoms with Gasteiger partial charge in [-0.05, 0) is 24.4 Å². The molecule has 23 heavy (non-hydrogen) atoms. The van der Waals surface area contributed by atoms with Gasteiger partial charge in [-0.1, -0.05) is 24.3 Å². The van der Waals surface area contributed by atoms with Gasteiger partial charge in [0.15, 0.2) is 5.11 Å². The van der Waals surface area contributed by atoms with Crippen LogP contribution >= 0.6 is 12.2 Å². The number of nitrogens with two attached hydrogens (primary N) is 1. The highest BCUT2D eigenvalue weighted by atomic mass is 32.1. The molecule has 0 fully saturated rings. The number of carbonyl (C=O) groups is 1. The standard InChI is InChI=1S/C16H14N4O2S/c17-16(23)20-19-13(10-4-3-7-18-9-10)8-14-11-5-1-2-6-12(11)15(21)22-14/h1-7,9,14H,8H2,(H3,17,20,23)/b19-13+/t14-/m1/s1. The first-order valence-electron chi connectivity index (χ1n) is 6.97. The summed E-state index contributed by atoms with van der Waals surface area (Å²) in [4.78, 5) is 16.0. The molecule has 0 saturated heterocycles. The molecule has 2 heterocycles. The van der Waals surface area contributed by atoms with E-state index >= 15 is 0 Å². The minimum atomic E-state index is -0.397. The van der Waals surface area contributed by atoms with Crippen molar-refractivity contribution in [2.45, 2.75) is 12.5 Å². The summed E-state index contributed by atoms with van der Waals surface area (Å²) in [5, 5.41) is 4.29. The number of carbonyl (C=O) groups excluding carboxylic acids is 1. The number of thiocarbonyl (C=S) groups is 1. The first kappa shape index (κ1) is 15.1. The van der Waals surface area contributed by atoms with E-state index in [4.69, 9.17) is 22.7 Å². The van der Waals surface area contributed by atoms with Crippen LogP contribution in [0, 0.1) is 0 Å². The Morgan fingerprint density at radius 3 is 2.91 bits per heavy atom. The van der Waals surface area contributed by atoms with E-state index in [0.717, 1.165) is 11.1 Å². The molecule has 0 unspecified atom stereocenters. The van der Waals surface area contributed by atoms with E-state index < -0.39 is 6.10 Å². The van der Waals surface area contributed by atoms with Gasteiger partial charge in [0.2, 0.25) is 0 Å². The molecule has 3 N–H and O–H groups in total. The molecular weight excluding hydrogens is 312 g/mol. The number of nitrogens with one attached hydrogen (secondary N) is 1. The Morgan fingerprint density at radius 1 is 1.35 bits per heavy atom. The highest BCUT2D eigenvalue weighted by molar-refractivity contribution is 7.80. The summed E-state index contributed by atoms with van der Waals surface area (Å²) >= 11 is 4.79. The van der Waals surface area contributed by atoms with Gasteiger partial charge in [-0.3, -0.25) is 10.4 Å². The van der Waals surface area contributed by atoms with Crippen LogP contribution in [0.3, 0.4) is 0 Å². The number of cyclic esters (lactones) is 1. The van der Waals surface area contributed by atoms with Crippen molar-refractivity contribution in [1.82, 2.24) is 10.4 Å². The Labute approximate surface area is 138 Å². The number of pyridine rings is 1. The molecule has 3 rings (SSSR count). The number of nitrogens with zero attached hydrogens (tertiary/aromatic N) is 2. The summed E-state index contributed by atoms with van der Waals surface area (Å²) in [6.07, 6.45) is 3.35. The third-order valence-corrected chi connectivity index (χ3v) is 3.54. The predicted molar refractivity (Wildman–Crippen MR) is 89.9 cm³/mol. The SMILES string of the molecule is NC(=S)N/N=C(\C[C@H]1OC(=O)c2ccccc21)c1cccnc1. The van der Waals surface area contributed by atoms with Crippen molar-refractivity contribution in [3.05, 3.63) is 65.5 Å². The molecule has 2 aromatic rings. The topological polar surface area (TPSA) is 89.6 Å². The van der Waals surface area contributed by atoms with Crippen molar-refractivity contribution in [2.24, 2.45) is 10.8 Å². The fourth-order valence-electron chi connectivity index (χ4n) is 2.43. The number of hydrogen-bond acceptors (Lipinski definition) is 5. The van der Waals surface area contributed by atoms with Crippen LogP contribution in [-0.2, 0) is 4.74 Å². The van der Waals surface area contributed by atoms with Crippen LogP contribution in [0.5, 0.6) is 0 Å². The first-order valence-corrected chi connectivity index (χ1v) is 7.38. The zero-order chi connectivity index (χ0) is 16.2. The summed E-state index contributed by atoms with van der Waals surface area (Å²) in [5.41, 5.74) is 10.9. The zero-order valence-corrected chi connectivity index (χ0v) is 12.9. The molecule has 1 aliphatic rings. The minimum Gasteiger partial charge on any atom is -0.453 e. The summed E-state index contributed by atoms with van der Waals surface area (Å²) in [6, 6.07) is 11.0. The van der Waals surface area contributed by atoms with Crippen molar-refractivity contribution < 1.29 is 9.53 Å². The quantitative estimate of drug-likeness (QED) is 0.386. The van der Waals surface area contributed by atoms with Gasteiger partial charge in [-0.2, -0.15) is 5.10 Å². The van der Waals surface area contributed by atoms with Gasteiger partial charge in [0.25, 0.3) is 0 Å². The average Bonchev–Trinajstić information content (AvgIpc) is 2.88. The van der Waals surface area contributed by atoms with Gasteiger partial charge in [0, 0.05) is 29.9 Å². The molecule has 0 saturated carbocycles. The maximum Gasteiger partial charge on any atom is 0.339 e. The lowest BCUT2D eigenvalue weighted by Gasteiger charge is -2.13. The third-order valence-electron chi connectivity index (χ3n) is 3.45. The Hall–Kier alpha value is -2.80. The number of hydrazone groups is 1. The Bertz CT molecular complexity index is 777. The third kappa shape index (κ3) is 3.35. The largest absolute Gasteiger partial charge is 0.453 e. The van der Waals surface area contributed by atoms with E-state index in [2.05, 4.69) is 15.5 Å². The van der Waals surface area contributed by atoms with Crippen LogP contribution in [-0.4, -0.2) is 21.8 Å². The Balaban J connectivity index is 1.90. The molecule has 1 atom stereocenters. The van der Waals surface area contributed by atoms with E-state index in [-0.39, 0.29) is 11.1 Å². The number of benzene rings is 1. The zero-order valence-electron chi connectivity index (χ0n) is 12.1. The van der Waals surface area contributed by atoms with E-state index in [1.165, 1.54) is 0 Å². The van der Waals surface area contributed by atoms with E-state index in [0.29, 0.717) is 17.7 Å². The van der Waals surface area contributed by atoms with Crippen LogP contribution in [0.25, 0.3) is 0 Å². The lowest BCUT2D eigenvalue weighted by molar-refractivity contribution is 0.0400. The van der Waals surface area contributed by atoms with Crippen molar-refractivity contribution in [2.75, 3.05) is 0 Å². The Kier molecular flexibility index (Phi) is 4.29. The van der Waals surface area contributed by atoms with Gasteiger partial charge in [0.1, 0.15) is 6.10 Å². The average molecular weight is 326 g/mol. The number of ether oxygens (including phenoxy) is 1. The number of fused-ring (bicyclic) bond motifs is 1. The van der Waals surface area contributed by atoms with E-state index in [1.54, 1.807) is 24.5 Å². The molecule has 116 valence electrons. The number of rotatable bonds is 4. The molecule has 0 bridgehead atoms. The molecule has 1 aromatic carbocycles. The molecule has 0 radical (unpaired) electrons. The van der Waals surface area contributed by atoms with Crippen molar-refractivity contribution in [1.29, 1.82) is 0 Å². The van der Waals surface area contributed by atoms with Crippen molar-refractivity contribution >= 4 is 29.0 Å². The van der Waals surface area contributed by atoms with Crippen LogP contribution in [0.1, 0.15) is 34.0 Å². The van der Waals surface area contributed by atoms with Gasteiger partial charge in [-0.25, -0.2) is 4.79 Å². The summed E-state index contributed by atoms with van der Waals surface area (Å²) in [6.45, 7) is 0. The van der Waals surface area contributed by atoms with Crippen LogP contribution in [0.15, 0.2) is 53.9 Å². The Morgan fingerprint density at radius 2 is 2.17 bits per heavy atom. The van der Waals surface area contributed by atoms with E-state index in [9.17, 15) is 4.79 Å². The second-order valence-electron chi connectivity index (χ2n) is 4.96. The highest BCUT2D eigenvalue weighted by Gasteiger charge is 2.31. The summed E-state index contributed by atoms with van der Waals surface area (Å²) in [7, 11) is 0. The molecule has 1 aliphatic heterocycles. The predicted octanol–water partition coefficient (Wildman–Crippen LogP) is 1.92. The van der Waals surface area contributed by atoms with Crippen molar-refractivity contribution in [3.63, 3.8) is 0 Å². The second kappa shape index (κ2) is 6.53. The van der Waals surface area contributed by atoms with Crippen LogP contribution < -0.4 is 11.2 Å². The van der Waals surface area contributed by atoms with Crippen LogP contribution in [0.4, 0.5) is 0 Å². The number of aromatic nitrogens is 1. The van der Waals surface area contributed by atoms with Crippen LogP contribution in [0.2, 0.25) is 0 Å². The number of hydrogen-bond donors (Lipinski definition) is 2. The van der Waals surface area contributed by atoms with Gasteiger partial charge in [-0.15, -0.1) is 0 Å². The minimum absolute atomic E-state index is 0.0650. The summed E-state index contributed by atoms with van der Waals surface area (Å²) < 4.78 is 5.46. The second-order valence-corrected chi connectivity index (χ2v) is 5.40. The fraction of sp³-hybridized carbons (Fsp3) is 0.125. The first-order chi connectivity index (χ1) is 11.1. The monoisotopic (exact) mass is 326 g/mol. The lowest BCUT2D eigenvalue weighted by atomic mass is 9.99. The van der Waals surface area contributed by atoms with E-state index in [1.807, 2.05) is 24.3 Å². The lowest BCUT2D eigenvalue weighted by Crippen LogP contribution is -2.26. The molecule has 1 aromatic heterocycles. The normalized spacial score (nSPS) is 16.6. The maximum absolute atomic E-state index is 11.9. The smallest absolute Gasteiger partial charge is 0.339 e. The molecule has 7 heteroatoms. The van der Waals surface area contributed by atoms with Gasteiger partial charge in [0.05, 0.1) is 11.3 Å². The maximum atomic E-state index is 11.9. The number of esters is 1.